The predicted molar refractivity (Wildman–Crippen MR) is 125 cm³/mol. The molecule has 0 saturated carbocycles. The average Bonchev–Trinajstić information content (AvgIpc) is 2.67. The van der Waals surface area contributed by atoms with E-state index in [0.717, 1.165) is 5.56 Å². The molecule has 5 nitrogen and oxygen atoms in total. The van der Waals surface area contributed by atoms with E-state index in [2.05, 4.69) is 10.3 Å². The molecule has 0 radical (unpaired) electrons. The summed E-state index contributed by atoms with van der Waals surface area (Å²) in [6, 6.07) is 10.1. The van der Waals surface area contributed by atoms with Gasteiger partial charge in [0.2, 0.25) is 5.91 Å². The van der Waals surface area contributed by atoms with Crippen molar-refractivity contribution < 1.29 is 4.79 Å². The average molecular weight is 485 g/mol. The zero-order valence-electron chi connectivity index (χ0n) is 16.4. The van der Waals surface area contributed by atoms with Crippen LogP contribution in [-0.4, -0.2) is 21.2 Å². The van der Waals surface area contributed by atoms with Gasteiger partial charge in [-0.25, -0.2) is 4.98 Å². The van der Waals surface area contributed by atoms with Crippen LogP contribution in [0.2, 0.25) is 15.1 Å². The number of nitrogens with one attached hydrogen (secondary N) is 1. The van der Waals surface area contributed by atoms with E-state index in [4.69, 9.17) is 34.8 Å². The molecule has 0 aliphatic rings. The fourth-order valence-corrected chi connectivity index (χ4v) is 4.33. The van der Waals surface area contributed by atoms with Crippen molar-refractivity contribution >= 4 is 63.4 Å². The molecule has 0 fully saturated rings. The molecule has 3 rings (SSSR count). The Kier molecular flexibility index (Phi) is 7.69. The SMILES string of the molecule is CC(C)Cn1c(SCC(=O)NCc2ccc(Cl)cc2Cl)nc2cc(Cl)ccc2c1=O. The van der Waals surface area contributed by atoms with Crippen LogP contribution in [0.3, 0.4) is 0 Å². The number of hydrogen-bond acceptors (Lipinski definition) is 4. The largest absolute Gasteiger partial charge is 0.351 e. The molecule has 0 spiro atoms. The Morgan fingerprint density at radius 2 is 1.83 bits per heavy atom. The third-order valence-electron chi connectivity index (χ3n) is 4.25. The molecule has 1 amide bonds. The zero-order chi connectivity index (χ0) is 21.8. The Morgan fingerprint density at radius 3 is 2.53 bits per heavy atom. The lowest BCUT2D eigenvalue weighted by Gasteiger charge is -2.15. The maximum atomic E-state index is 13.0. The van der Waals surface area contributed by atoms with Crippen molar-refractivity contribution in [2.45, 2.75) is 32.1 Å². The number of fused-ring (bicyclic) bond motifs is 1. The number of rotatable bonds is 7. The van der Waals surface area contributed by atoms with E-state index >= 15 is 0 Å². The van der Waals surface area contributed by atoms with Crippen LogP contribution in [0.25, 0.3) is 10.9 Å². The van der Waals surface area contributed by atoms with Crippen LogP contribution in [-0.2, 0) is 17.9 Å². The standard InChI is InChI=1S/C21H20Cl3N3O2S/c1-12(2)10-27-20(29)16-6-5-15(23)8-18(16)26-21(27)30-11-19(28)25-9-13-3-4-14(22)7-17(13)24/h3-8,12H,9-11H2,1-2H3,(H,25,28). The second-order valence-electron chi connectivity index (χ2n) is 7.17. The fraction of sp³-hybridized carbons (Fsp3) is 0.286. The summed E-state index contributed by atoms with van der Waals surface area (Å²) < 4.78 is 1.62. The molecule has 0 aliphatic carbocycles. The second-order valence-corrected chi connectivity index (χ2v) is 9.39. The third kappa shape index (κ3) is 5.70. The summed E-state index contributed by atoms with van der Waals surface area (Å²) in [6.45, 7) is 4.84. The summed E-state index contributed by atoms with van der Waals surface area (Å²) in [7, 11) is 0. The molecule has 30 heavy (non-hydrogen) atoms. The van der Waals surface area contributed by atoms with Crippen LogP contribution in [0, 0.1) is 5.92 Å². The molecular weight excluding hydrogens is 465 g/mol. The van der Waals surface area contributed by atoms with Gasteiger partial charge >= 0.3 is 0 Å². The fourth-order valence-electron chi connectivity index (χ4n) is 2.85. The number of carbonyl (C=O) groups excluding carboxylic acids is 1. The molecule has 0 saturated heterocycles. The van der Waals surface area contributed by atoms with E-state index in [-0.39, 0.29) is 29.7 Å². The summed E-state index contributed by atoms with van der Waals surface area (Å²) >= 11 is 19.3. The van der Waals surface area contributed by atoms with Gasteiger partial charge in [-0.2, -0.15) is 0 Å². The van der Waals surface area contributed by atoms with Gasteiger partial charge in [-0.3, -0.25) is 14.2 Å². The van der Waals surface area contributed by atoms with Crippen LogP contribution >= 0.6 is 46.6 Å². The molecule has 0 atom stereocenters. The summed E-state index contributed by atoms with van der Waals surface area (Å²) in [5.74, 6) is 0.166. The van der Waals surface area contributed by atoms with Crippen molar-refractivity contribution in [2.75, 3.05) is 5.75 Å². The lowest BCUT2D eigenvalue weighted by molar-refractivity contribution is -0.118. The zero-order valence-corrected chi connectivity index (χ0v) is 19.5. The Balaban J connectivity index is 1.76. The molecule has 3 aromatic rings. The Bertz CT molecular complexity index is 1150. The minimum Gasteiger partial charge on any atom is -0.351 e. The van der Waals surface area contributed by atoms with E-state index < -0.39 is 0 Å². The molecule has 2 aromatic carbocycles. The first-order chi connectivity index (χ1) is 14.2. The summed E-state index contributed by atoms with van der Waals surface area (Å²) in [5, 5.41) is 5.36. The number of hydrogen-bond donors (Lipinski definition) is 1. The maximum absolute atomic E-state index is 13.0. The molecule has 9 heteroatoms. The van der Waals surface area contributed by atoms with Gasteiger partial charge in [-0.05, 0) is 41.8 Å². The van der Waals surface area contributed by atoms with Gasteiger partial charge in [0.15, 0.2) is 5.16 Å². The maximum Gasteiger partial charge on any atom is 0.262 e. The number of aromatic nitrogens is 2. The smallest absolute Gasteiger partial charge is 0.262 e. The number of amides is 1. The highest BCUT2D eigenvalue weighted by Crippen LogP contribution is 2.22. The van der Waals surface area contributed by atoms with Crippen molar-refractivity contribution in [1.82, 2.24) is 14.9 Å². The number of halogens is 3. The molecule has 158 valence electrons. The van der Waals surface area contributed by atoms with Gasteiger partial charge in [0.05, 0.1) is 16.7 Å². The Labute approximate surface area is 193 Å². The second kappa shape index (κ2) is 10.1. The van der Waals surface area contributed by atoms with Crippen LogP contribution in [0.1, 0.15) is 19.4 Å². The van der Waals surface area contributed by atoms with Crippen molar-refractivity contribution in [3.8, 4) is 0 Å². The van der Waals surface area contributed by atoms with Gasteiger partial charge in [0.1, 0.15) is 0 Å². The van der Waals surface area contributed by atoms with Crippen LogP contribution in [0.4, 0.5) is 0 Å². The number of nitrogens with zero attached hydrogens (tertiary/aromatic N) is 2. The number of benzene rings is 2. The van der Waals surface area contributed by atoms with Crippen LogP contribution < -0.4 is 10.9 Å². The molecule has 0 unspecified atom stereocenters. The van der Waals surface area contributed by atoms with Gasteiger partial charge < -0.3 is 5.32 Å². The monoisotopic (exact) mass is 483 g/mol. The highest BCUT2D eigenvalue weighted by Gasteiger charge is 2.15. The van der Waals surface area contributed by atoms with E-state index in [9.17, 15) is 9.59 Å². The normalized spacial score (nSPS) is 11.3. The molecule has 1 heterocycles. The van der Waals surface area contributed by atoms with E-state index in [1.165, 1.54) is 11.8 Å². The van der Waals surface area contributed by atoms with Gasteiger partial charge in [-0.15, -0.1) is 0 Å². The minimum atomic E-state index is -0.192. The first kappa shape index (κ1) is 22.9. The molecule has 1 N–H and O–H groups in total. The van der Waals surface area contributed by atoms with E-state index in [1.54, 1.807) is 41.0 Å². The Morgan fingerprint density at radius 1 is 1.13 bits per heavy atom. The van der Waals surface area contributed by atoms with Crippen molar-refractivity contribution in [2.24, 2.45) is 5.92 Å². The predicted octanol–water partition coefficient (Wildman–Crippen LogP) is 5.42. The minimum absolute atomic E-state index is 0.113. The van der Waals surface area contributed by atoms with E-state index in [1.807, 2.05) is 13.8 Å². The van der Waals surface area contributed by atoms with Gasteiger partial charge in [0.25, 0.3) is 5.56 Å². The first-order valence-electron chi connectivity index (χ1n) is 9.28. The van der Waals surface area contributed by atoms with Crippen molar-refractivity contribution in [3.05, 3.63) is 67.4 Å². The lowest BCUT2D eigenvalue weighted by Crippen LogP contribution is -2.28. The van der Waals surface area contributed by atoms with Crippen molar-refractivity contribution in [1.29, 1.82) is 0 Å². The van der Waals surface area contributed by atoms with Crippen LogP contribution in [0.5, 0.6) is 0 Å². The number of thioether (sulfide) groups is 1. The number of carbonyl (C=O) groups is 1. The molecule has 0 aliphatic heterocycles. The topological polar surface area (TPSA) is 64.0 Å². The summed E-state index contributed by atoms with van der Waals surface area (Å²) in [6.07, 6.45) is 0. The summed E-state index contributed by atoms with van der Waals surface area (Å²) in [4.78, 5) is 29.9. The van der Waals surface area contributed by atoms with E-state index in [0.29, 0.717) is 37.7 Å². The van der Waals surface area contributed by atoms with Crippen molar-refractivity contribution in [3.63, 3.8) is 0 Å². The van der Waals surface area contributed by atoms with Gasteiger partial charge in [-0.1, -0.05) is 66.5 Å². The third-order valence-corrected chi connectivity index (χ3v) is 6.05. The first-order valence-corrected chi connectivity index (χ1v) is 11.4. The van der Waals surface area contributed by atoms with Crippen LogP contribution in [0.15, 0.2) is 46.3 Å². The molecule has 1 aromatic heterocycles. The Hall–Kier alpha value is -1.73. The lowest BCUT2D eigenvalue weighted by atomic mass is 10.2. The highest BCUT2D eigenvalue weighted by molar-refractivity contribution is 7.99. The highest BCUT2D eigenvalue weighted by atomic mass is 35.5. The molecule has 0 bridgehead atoms. The van der Waals surface area contributed by atoms with Gasteiger partial charge in [0, 0.05) is 28.2 Å². The molecular formula is C21H20Cl3N3O2S. The summed E-state index contributed by atoms with van der Waals surface area (Å²) in [5.41, 5.74) is 1.15. The quantitative estimate of drug-likeness (QED) is 0.359.